The monoisotopic (exact) mass is 294 g/mol. The quantitative estimate of drug-likeness (QED) is 0.853. The van der Waals surface area contributed by atoms with Crippen LogP contribution >= 0.6 is 46.9 Å². The molecule has 6 heteroatoms. The van der Waals surface area contributed by atoms with Crippen LogP contribution in [0.5, 0.6) is 0 Å². The fraction of sp³-hybridized carbons (Fsp3) is 0.100. The molecule has 0 unspecified atom stereocenters. The number of aromatic nitrogens is 1. The van der Waals surface area contributed by atoms with Gasteiger partial charge in [0.15, 0.2) is 0 Å². The second-order valence-corrected chi connectivity index (χ2v) is 4.57. The summed E-state index contributed by atoms with van der Waals surface area (Å²) in [7, 11) is 0. The van der Waals surface area contributed by atoms with E-state index < -0.39 is 0 Å². The van der Waals surface area contributed by atoms with Crippen molar-refractivity contribution in [2.75, 3.05) is 0 Å². The van der Waals surface area contributed by atoms with Crippen LogP contribution in [0.25, 0.3) is 0 Å². The van der Waals surface area contributed by atoms with E-state index in [1.165, 1.54) is 0 Å². The van der Waals surface area contributed by atoms with Crippen molar-refractivity contribution in [3.8, 4) is 0 Å². The zero-order valence-electron chi connectivity index (χ0n) is 8.06. The molecule has 0 saturated carbocycles. The van der Waals surface area contributed by atoms with E-state index in [2.05, 4.69) is 4.98 Å². The molecular weight excluding hydrogens is 287 g/mol. The molecule has 0 bridgehead atoms. The molecule has 0 spiro atoms. The lowest BCUT2D eigenvalue weighted by Gasteiger charge is -2.11. The Morgan fingerprint density at radius 2 is 2.00 bits per heavy atom. The van der Waals surface area contributed by atoms with Crippen LogP contribution in [0.1, 0.15) is 17.2 Å². The number of nitrogens with zero attached hydrogens (tertiary/aromatic N) is 1. The van der Waals surface area contributed by atoms with Gasteiger partial charge in [-0.05, 0) is 28.5 Å². The van der Waals surface area contributed by atoms with Gasteiger partial charge in [-0.25, -0.2) is 4.98 Å². The van der Waals surface area contributed by atoms with Gasteiger partial charge >= 0.3 is 0 Å². The predicted molar refractivity (Wildman–Crippen MR) is 71.9 cm³/mol. The van der Waals surface area contributed by atoms with Crippen molar-refractivity contribution >= 4 is 46.9 Å². The molecule has 16 heavy (non-hydrogen) atoms. The maximum absolute atomic E-state index is 6.05. The average molecular weight is 296 g/mol. The average Bonchev–Trinajstić information content (AvgIpc) is 2.69. The molecule has 1 atom stereocenters. The summed E-state index contributed by atoms with van der Waals surface area (Å²) in [6, 6.07) is 5.23. The molecule has 0 aliphatic rings. The molecule has 0 amide bonds. The minimum Gasteiger partial charge on any atom is -0.320 e. The van der Waals surface area contributed by atoms with Gasteiger partial charge < -0.3 is 5.73 Å². The summed E-state index contributed by atoms with van der Waals surface area (Å²) in [6.07, 6.45) is 0. The third-order valence-electron chi connectivity index (χ3n) is 2.08. The lowest BCUT2D eigenvalue weighted by molar-refractivity contribution is 0.869. The highest BCUT2D eigenvalue weighted by atomic mass is 35.5. The van der Waals surface area contributed by atoms with Crippen molar-refractivity contribution in [1.29, 1.82) is 0 Å². The van der Waals surface area contributed by atoms with E-state index in [0.29, 0.717) is 10.3 Å². The Morgan fingerprint density at radius 3 is 2.56 bits per heavy atom. The molecule has 2 heterocycles. The van der Waals surface area contributed by atoms with Crippen LogP contribution in [0.4, 0.5) is 0 Å². The second-order valence-electron chi connectivity index (χ2n) is 3.05. The van der Waals surface area contributed by atoms with Crippen molar-refractivity contribution in [3.05, 3.63) is 50.4 Å². The lowest BCUT2D eigenvalue weighted by atomic mass is 10.0. The summed E-state index contributed by atoms with van der Waals surface area (Å²) in [5, 5.41) is 4.71. The molecule has 2 rings (SSSR count). The topological polar surface area (TPSA) is 38.9 Å². The SMILES string of the molecule is Cl.N[C@H](c1ccsc1)c1ccc(Cl)nc1Cl. The summed E-state index contributed by atoms with van der Waals surface area (Å²) in [4.78, 5) is 3.96. The Hall–Kier alpha value is -0.320. The molecular formula is C10H9Cl3N2S. The van der Waals surface area contributed by atoms with E-state index in [-0.39, 0.29) is 18.4 Å². The van der Waals surface area contributed by atoms with Crippen molar-refractivity contribution in [2.24, 2.45) is 5.73 Å². The third-order valence-corrected chi connectivity index (χ3v) is 3.30. The highest BCUT2D eigenvalue weighted by molar-refractivity contribution is 7.08. The van der Waals surface area contributed by atoms with Crippen LogP contribution in [0.2, 0.25) is 10.3 Å². The van der Waals surface area contributed by atoms with Crippen LogP contribution < -0.4 is 5.73 Å². The fourth-order valence-electron chi connectivity index (χ4n) is 1.29. The van der Waals surface area contributed by atoms with E-state index >= 15 is 0 Å². The number of pyridine rings is 1. The van der Waals surface area contributed by atoms with Gasteiger partial charge in [0.1, 0.15) is 10.3 Å². The first-order chi connectivity index (χ1) is 7.18. The molecule has 0 aliphatic heterocycles. The molecule has 0 radical (unpaired) electrons. The van der Waals surface area contributed by atoms with Gasteiger partial charge in [-0.3, -0.25) is 0 Å². The van der Waals surface area contributed by atoms with Crippen molar-refractivity contribution in [1.82, 2.24) is 4.98 Å². The van der Waals surface area contributed by atoms with Crippen LogP contribution in [-0.2, 0) is 0 Å². The zero-order valence-corrected chi connectivity index (χ0v) is 11.2. The van der Waals surface area contributed by atoms with Gasteiger partial charge in [-0.15, -0.1) is 12.4 Å². The first-order valence-electron chi connectivity index (χ1n) is 4.28. The minimum absolute atomic E-state index is 0. The molecule has 86 valence electrons. The van der Waals surface area contributed by atoms with Gasteiger partial charge in [-0.2, -0.15) is 11.3 Å². The van der Waals surface area contributed by atoms with E-state index in [1.54, 1.807) is 23.5 Å². The first-order valence-corrected chi connectivity index (χ1v) is 5.98. The van der Waals surface area contributed by atoms with Crippen LogP contribution in [-0.4, -0.2) is 4.98 Å². The van der Waals surface area contributed by atoms with Crippen molar-refractivity contribution in [2.45, 2.75) is 6.04 Å². The molecule has 0 saturated heterocycles. The maximum atomic E-state index is 6.05. The summed E-state index contributed by atoms with van der Waals surface area (Å²) in [6.45, 7) is 0. The number of thiophene rings is 1. The van der Waals surface area contributed by atoms with Crippen LogP contribution in [0, 0.1) is 0 Å². The van der Waals surface area contributed by atoms with Crippen molar-refractivity contribution in [3.63, 3.8) is 0 Å². The summed E-state index contributed by atoms with van der Waals surface area (Å²) in [5.74, 6) is 0. The third kappa shape index (κ3) is 2.87. The standard InChI is InChI=1S/C10H8Cl2N2S.ClH/c11-8-2-1-7(10(12)14-8)9(13)6-3-4-15-5-6;/h1-5,9H,13H2;1H/t9-;/m1./s1. The Bertz CT molecular complexity index is 459. The second kappa shape index (κ2) is 5.84. The van der Waals surface area contributed by atoms with E-state index in [9.17, 15) is 0 Å². The van der Waals surface area contributed by atoms with Crippen molar-refractivity contribution < 1.29 is 0 Å². The fourth-order valence-corrected chi connectivity index (χ4v) is 2.45. The van der Waals surface area contributed by atoms with E-state index in [4.69, 9.17) is 28.9 Å². The molecule has 0 aliphatic carbocycles. The Morgan fingerprint density at radius 1 is 1.25 bits per heavy atom. The zero-order chi connectivity index (χ0) is 10.8. The summed E-state index contributed by atoms with van der Waals surface area (Å²) >= 11 is 13.3. The molecule has 0 aromatic carbocycles. The molecule has 2 aromatic heterocycles. The van der Waals surface area contributed by atoms with Crippen LogP contribution in [0.15, 0.2) is 29.0 Å². The summed E-state index contributed by atoms with van der Waals surface area (Å²) in [5.41, 5.74) is 7.88. The summed E-state index contributed by atoms with van der Waals surface area (Å²) < 4.78 is 0. The van der Waals surface area contributed by atoms with Gasteiger partial charge in [0.2, 0.25) is 0 Å². The first kappa shape index (κ1) is 13.7. The molecule has 2 aromatic rings. The Balaban J connectivity index is 0.00000128. The van der Waals surface area contributed by atoms with Gasteiger partial charge in [0, 0.05) is 5.56 Å². The van der Waals surface area contributed by atoms with E-state index in [0.717, 1.165) is 11.1 Å². The minimum atomic E-state index is -0.242. The largest absolute Gasteiger partial charge is 0.320 e. The number of halogens is 3. The molecule has 2 nitrogen and oxygen atoms in total. The number of nitrogens with two attached hydrogens (primary N) is 1. The lowest BCUT2D eigenvalue weighted by Crippen LogP contribution is -2.11. The van der Waals surface area contributed by atoms with Gasteiger partial charge in [-0.1, -0.05) is 29.3 Å². The highest BCUT2D eigenvalue weighted by Gasteiger charge is 2.13. The van der Waals surface area contributed by atoms with E-state index in [1.807, 2.05) is 16.8 Å². The predicted octanol–water partition coefficient (Wildman–Crippen LogP) is 3.92. The highest BCUT2D eigenvalue weighted by Crippen LogP contribution is 2.27. The van der Waals surface area contributed by atoms with Gasteiger partial charge in [0.25, 0.3) is 0 Å². The van der Waals surface area contributed by atoms with Crippen LogP contribution in [0.3, 0.4) is 0 Å². The Kier molecular flexibility index (Phi) is 5.02. The smallest absolute Gasteiger partial charge is 0.135 e. The van der Waals surface area contributed by atoms with Gasteiger partial charge in [0.05, 0.1) is 6.04 Å². The molecule has 0 fully saturated rings. The maximum Gasteiger partial charge on any atom is 0.135 e. The Labute approximate surface area is 114 Å². The molecule has 2 N–H and O–H groups in total. The number of hydrogen-bond donors (Lipinski definition) is 1. The normalized spacial score (nSPS) is 11.9. The number of hydrogen-bond acceptors (Lipinski definition) is 3. The number of rotatable bonds is 2.